The zero-order valence-corrected chi connectivity index (χ0v) is 16.6. The van der Waals surface area contributed by atoms with Gasteiger partial charge in [0, 0.05) is 25.3 Å². The minimum Gasteiger partial charge on any atom is -0.332 e. The third kappa shape index (κ3) is 3.90. The molecule has 0 atom stereocenters. The molecule has 24 heavy (non-hydrogen) atoms. The molecule has 0 spiro atoms. The van der Waals surface area contributed by atoms with Crippen LogP contribution in [0.2, 0.25) is 10.0 Å². The van der Waals surface area contributed by atoms with Crippen LogP contribution in [0.25, 0.3) is 10.1 Å². The monoisotopic (exact) mass is 458 g/mol. The third-order valence-electron chi connectivity index (χ3n) is 3.11. The van der Waals surface area contributed by atoms with E-state index in [4.69, 9.17) is 35.4 Å². The first-order valence-electron chi connectivity index (χ1n) is 6.69. The predicted octanol–water partition coefficient (Wildman–Crippen LogP) is 6.10. The van der Waals surface area contributed by atoms with Gasteiger partial charge in [-0.15, -0.1) is 11.3 Å². The first kappa shape index (κ1) is 17.6. The van der Waals surface area contributed by atoms with E-state index in [2.05, 4.69) is 26.6 Å². The van der Waals surface area contributed by atoms with Gasteiger partial charge in [0.1, 0.15) is 4.88 Å². The Bertz CT molecular complexity index is 958. The zero-order chi connectivity index (χ0) is 17.3. The van der Waals surface area contributed by atoms with Gasteiger partial charge < -0.3 is 5.32 Å². The zero-order valence-electron chi connectivity index (χ0n) is 11.9. The van der Waals surface area contributed by atoms with Gasteiger partial charge in [0.2, 0.25) is 0 Å². The molecule has 1 aromatic heterocycles. The molecule has 3 aromatic rings. The smallest absolute Gasteiger partial charge is 0.269 e. The van der Waals surface area contributed by atoms with Gasteiger partial charge in [-0.3, -0.25) is 10.1 Å². The lowest BCUT2D eigenvalue weighted by molar-refractivity contribution is 0.0982. The number of halogens is 3. The molecule has 0 aliphatic heterocycles. The first-order valence-corrected chi connectivity index (χ1v) is 9.47. The van der Waals surface area contributed by atoms with Crippen LogP contribution in [0.3, 0.4) is 0 Å². The van der Waals surface area contributed by atoms with Crippen LogP contribution in [-0.4, -0.2) is 11.0 Å². The number of carbonyl (C=O) groups is 1. The molecule has 0 saturated carbocycles. The number of fused-ring (bicyclic) bond motifs is 1. The van der Waals surface area contributed by atoms with Crippen molar-refractivity contribution in [3.05, 3.63) is 61.9 Å². The molecule has 0 fully saturated rings. The SMILES string of the molecule is O=C(NC(=S)Nc1cccc(Br)c1)c1sc2cc(Cl)ccc2c1Cl. The lowest BCUT2D eigenvalue weighted by Gasteiger charge is -2.09. The molecule has 3 rings (SSSR count). The second kappa shape index (κ2) is 7.37. The second-order valence-electron chi connectivity index (χ2n) is 4.80. The molecular formula is C16H9BrCl2N2OS2. The van der Waals surface area contributed by atoms with E-state index in [0.717, 1.165) is 20.2 Å². The Labute approximate surface area is 166 Å². The van der Waals surface area contributed by atoms with E-state index in [9.17, 15) is 4.79 Å². The third-order valence-corrected chi connectivity index (χ3v) is 5.70. The standard InChI is InChI=1S/C16H9BrCl2N2OS2/c17-8-2-1-3-10(6-8)20-16(23)21-15(22)14-13(19)11-5-4-9(18)7-12(11)24-14/h1-7H,(H2,20,21,22,23). The molecule has 3 nitrogen and oxygen atoms in total. The maximum atomic E-state index is 12.4. The quantitative estimate of drug-likeness (QED) is 0.455. The van der Waals surface area contributed by atoms with Gasteiger partial charge in [-0.1, -0.05) is 51.3 Å². The summed E-state index contributed by atoms with van der Waals surface area (Å²) in [7, 11) is 0. The van der Waals surface area contributed by atoms with Crippen LogP contribution < -0.4 is 10.6 Å². The molecule has 0 aliphatic carbocycles. The van der Waals surface area contributed by atoms with Crippen LogP contribution in [0.1, 0.15) is 9.67 Å². The van der Waals surface area contributed by atoms with Crippen LogP contribution >= 0.6 is 62.7 Å². The molecule has 122 valence electrons. The molecule has 1 heterocycles. The number of thiocarbonyl (C=S) groups is 1. The lowest BCUT2D eigenvalue weighted by atomic mass is 10.2. The fraction of sp³-hybridized carbons (Fsp3) is 0. The van der Waals surface area contributed by atoms with E-state index >= 15 is 0 Å². The van der Waals surface area contributed by atoms with E-state index in [1.54, 1.807) is 18.2 Å². The molecule has 0 radical (unpaired) electrons. The summed E-state index contributed by atoms with van der Waals surface area (Å²) in [6.45, 7) is 0. The van der Waals surface area contributed by atoms with E-state index in [1.165, 1.54) is 11.3 Å². The van der Waals surface area contributed by atoms with Gasteiger partial charge in [-0.25, -0.2) is 0 Å². The van der Waals surface area contributed by atoms with Crippen LogP contribution in [0, 0.1) is 0 Å². The fourth-order valence-corrected chi connectivity index (χ4v) is 4.37. The van der Waals surface area contributed by atoms with Crippen LogP contribution in [0.5, 0.6) is 0 Å². The van der Waals surface area contributed by atoms with Crippen LogP contribution in [0.4, 0.5) is 5.69 Å². The number of carbonyl (C=O) groups excluding carboxylic acids is 1. The maximum absolute atomic E-state index is 12.4. The van der Waals surface area contributed by atoms with Crippen molar-refractivity contribution < 1.29 is 4.79 Å². The summed E-state index contributed by atoms with van der Waals surface area (Å²) in [6, 6.07) is 12.8. The molecule has 8 heteroatoms. The van der Waals surface area contributed by atoms with Crippen molar-refractivity contribution in [2.75, 3.05) is 5.32 Å². The van der Waals surface area contributed by atoms with Crippen LogP contribution in [-0.2, 0) is 0 Å². The van der Waals surface area contributed by atoms with Crippen molar-refractivity contribution in [3.8, 4) is 0 Å². The predicted molar refractivity (Wildman–Crippen MR) is 110 cm³/mol. The number of hydrogen-bond donors (Lipinski definition) is 2. The topological polar surface area (TPSA) is 41.1 Å². The molecule has 2 aromatic carbocycles. The highest BCUT2D eigenvalue weighted by Crippen LogP contribution is 2.36. The Kier molecular flexibility index (Phi) is 5.42. The number of thiophene rings is 1. The highest BCUT2D eigenvalue weighted by atomic mass is 79.9. The summed E-state index contributed by atoms with van der Waals surface area (Å²) < 4.78 is 1.76. The van der Waals surface area contributed by atoms with Crippen molar-refractivity contribution in [3.63, 3.8) is 0 Å². The summed E-state index contributed by atoms with van der Waals surface area (Å²) >= 11 is 22.1. The van der Waals surface area contributed by atoms with Gasteiger partial charge in [0.25, 0.3) is 5.91 Å². The van der Waals surface area contributed by atoms with Crippen molar-refractivity contribution in [1.29, 1.82) is 0 Å². The molecule has 0 aliphatic rings. The Morgan fingerprint density at radius 1 is 1.17 bits per heavy atom. The van der Waals surface area contributed by atoms with Gasteiger partial charge in [-0.2, -0.15) is 0 Å². The molecule has 0 unspecified atom stereocenters. The Morgan fingerprint density at radius 2 is 1.96 bits per heavy atom. The molecular weight excluding hydrogens is 451 g/mol. The molecule has 1 amide bonds. The summed E-state index contributed by atoms with van der Waals surface area (Å²) in [5.74, 6) is -0.357. The highest BCUT2D eigenvalue weighted by Gasteiger charge is 2.18. The number of rotatable bonds is 2. The number of amides is 1. The number of benzene rings is 2. The van der Waals surface area contributed by atoms with E-state index in [0.29, 0.717) is 14.9 Å². The van der Waals surface area contributed by atoms with Gasteiger partial charge in [-0.05, 0) is 42.5 Å². The maximum Gasteiger partial charge on any atom is 0.269 e. The minimum atomic E-state index is -0.357. The van der Waals surface area contributed by atoms with E-state index in [-0.39, 0.29) is 11.0 Å². The van der Waals surface area contributed by atoms with Gasteiger partial charge >= 0.3 is 0 Å². The first-order chi connectivity index (χ1) is 11.4. The lowest BCUT2D eigenvalue weighted by Crippen LogP contribution is -2.33. The summed E-state index contributed by atoms with van der Waals surface area (Å²) in [5.41, 5.74) is 0.767. The molecule has 2 N–H and O–H groups in total. The number of hydrogen-bond acceptors (Lipinski definition) is 3. The van der Waals surface area contributed by atoms with Crippen molar-refractivity contribution >= 4 is 89.5 Å². The van der Waals surface area contributed by atoms with E-state index < -0.39 is 0 Å². The van der Waals surface area contributed by atoms with Crippen molar-refractivity contribution in [1.82, 2.24) is 5.32 Å². The summed E-state index contributed by atoms with van der Waals surface area (Å²) in [4.78, 5) is 12.8. The van der Waals surface area contributed by atoms with Gasteiger partial charge in [0.05, 0.1) is 5.02 Å². The Balaban J connectivity index is 1.77. The largest absolute Gasteiger partial charge is 0.332 e. The average molecular weight is 460 g/mol. The Hall–Kier alpha value is -1.18. The van der Waals surface area contributed by atoms with Crippen molar-refractivity contribution in [2.45, 2.75) is 0 Å². The van der Waals surface area contributed by atoms with Crippen molar-refractivity contribution in [2.24, 2.45) is 0 Å². The second-order valence-corrected chi connectivity index (χ2v) is 7.99. The summed E-state index contributed by atoms with van der Waals surface area (Å²) in [5, 5.41) is 7.58. The fourth-order valence-electron chi connectivity index (χ4n) is 2.07. The Morgan fingerprint density at radius 3 is 2.71 bits per heavy atom. The molecule has 0 bridgehead atoms. The highest BCUT2D eigenvalue weighted by molar-refractivity contribution is 9.10. The normalized spacial score (nSPS) is 10.6. The van der Waals surface area contributed by atoms with E-state index in [1.807, 2.05) is 24.3 Å². The average Bonchev–Trinajstić information content (AvgIpc) is 2.83. The van der Waals surface area contributed by atoms with Crippen LogP contribution in [0.15, 0.2) is 46.9 Å². The molecule has 0 saturated heterocycles. The van der Waals surface area contributed by atoms with Gasteiger partial charge in [0.15, 0.2) is 5.11 Å². The number of anilines is 1. The number of nitrogens with one attached hydrogen (secondary N) is 2. The summed E-state index contributed by atoms with van der Waals surface area (Å²) in [6.07, 6.45) is 0. The minimum absolute atomic E-state index is 0.199.